The SMILES string of the molecule is CCOc1c(I)cc(/C=N\OCc2cccc([N+](=O)[O-])c2)cc1I. The molecule has 2 aromatic carbocycles. The lowest BCUT2D eigenvalue weighted by Crippen LogP contribution is -1.98. The summed E-state index contributed by atoms with van der Waals surface area (Å²) in [6, 6.07) is 10.2. The summed E-state index contributed by atoms with van der Waals surface area (Å²) in [5.41, 5.74) is 1.62. The minimum atomic E-state index is -0.434. The number of benzene rings is 2. The second-order valence-electron chi connectivity index (χ2n) is 4.68. The van der Waals surface area contributed by atoms with Crippen LogP contribution in [0.1, 0.15) is 18.1 Å². The van der Waals surface area contributed by atoms with Gasteiger partial charge in [-0.05, 0) is 75.4 Å². The third kappa shape index (κ3) is 5.30. The quantitative estimate of drug-likeness (QED) is 0.215. The summed E-state index contributed by atoms with van der Waals surface area (Å²) < 4.78 is 7.59. The molecule has 0 N–H and O–H groups in total. The normalized spacial score (nSPS) is 10.8. The monoisotopic (exact) mass is 552 g/mol. The molecule has 0 bridgehead atoms. The van der Waals surface area contributed by atoms with Crippen molar-refractivity contribution in [3.63, 3.8) is 0 Å². The van der Waals surface area contributed by atoms with E-state index in [1.54, 1.807) is 18.3 Å². The van der Waals surface area contributed by atoms with Crippen LogP contribution in [-0.2, 0) is 11.4 Å². The van der Waals surface area contributed by atoms with Gasteiger partial charge in [0.25, 0.3) is 5.69 Å². The average molecular weight is 552 g/mol. The highest BCUT2D eigenvalue weighted by Gasteiger charge is 2.08. The minimum Gasteiger partial charge on any atom is -0.492 e. The molecule has 0 aromatic heterocycles. The predicted molar refractivity (Wildman–Crippen MR) is 109 cm³/mol. The van der Waals surface area contributed by atoms with Gasteiger partial charge in [0.1, 0.15) is 12.4 Å². The fraction of sp³-hybridized carbons (Fsp3) is 0.188. The van der Waals surface area contributed by atoms with Gasteiger partial charge < -0.3 is 9.57 Å². The van der Waals surface area contributed by atoms with E-state index in [2.05, 4.69) is 50.3 Å². The fourth-order valence-corrected chi connectivity index (χ4v) is 4.03. The van der Waals surface area contributed by atoms with E-state index in [-0.39, 0.29) is 12.3 Å². The van der Waals surface area contributed by atoms with E-state index in [9.17, 15) is 10.1 Å². The number of ether oxygens (including phenoxy) is 1. The van der Waals surface area contributed by atoms with Crippen molar-refractivity contribution in [2.45, 2.75) is 13.5 Å². The van der Waals surface area contributed by atoms with E-state index in [1.807, 2.05) is 19.1 Å². The number of halogens is 2. The lowest BCUT2D eigenvalue weighted by Gasteiger charge is -2.09. The second kappa shape index (κ2) is 9.16. The summed E-state index contributed by atoms with van der Waals surface area (Å²) in [5.74, 6) is 0.869. The maximum atomic E-state index is 10.7. The topological polar surface area (TPSA) is 74.0 Å². The van der Waals surface area contributed by atoms with Crippen LogP contribution in [0.2, 0.25) is 0 Å². The Morgan fingerprint density at radius 1 is 1.25 bits per heavy atom. The van der Waals surface area contributed by atoms with Crippen LogP contribution in [-0.4, -0.2) is 17.7 Å². The van der Waals surface area contributed by atoms with E-state index in [4.69, 9.17) is 9.57 Å². The summed E-state index contributed by atoms with van der Waals surface area (Å²) in [6.45, 7) is 2.73. The molecule has 126 valence electrons. The van der Waals surface area contributed by atoms with Crippen molar-refractivity contribution in [3.05, 3.63) is 64.8 Å². The second-order valence-corrected chi connectivity index (χ2v) is 7.01. The molecule has 0 aliphatic heterocycles. The van der Waals surface area contributed by atoms with E-state index in [0.717, 1.165) is 18.5 Å². The molecule has 2 rings (SSSR count). The Hall–Kier alpha value is -1.43. The van der Waals surface area contributed by atoms with Crippen LogP contribution in [0.3, 0.4) is 0 Å². The van der Waals surface area contributed by atoms with Gasteiger partial charge in [0.15, 0.2) is 0 Å². The molecule has 0 atom stereocenters. The fourth-order valence-electron chi connectivity index (χ4n) is 1.91. The van der Waals surface area contributed by atoms with E-state index >= 15 is 0 Å². The zero-order chi connectivity index (χ0) is 17.5. The molecule has 0 radical (unpaired) electrons. The van der Waals surface area contributed by atoms with Crippen molar-refractivity contribution < 1.29 is 14.5 Å². The Morgan fingerprint density at radius 2 is 1.96 bits per heavy atom. The van der Waals surface area contributed by atoms with Crippen LogP contribution in [0.5, 0.6) is 5.75 Å². The van der Waals surface area contributed by atoms with Gasteiger partial charge in [0.2, 0.25) is 0 Å². The summed E-state index contributed by atoms with van der Waals surface area (Å²) in [4.78, 5) is 15.5. The highest BCUT2D eigenvalue weighted by Crippen LogP contribution is 2.28. The zero-order valence-corrected chi connectivity index (χ0v) is 17.1. The zero-order valence-electron chi connectivity index (χ0n) is 12.7. The first-order valence-electron chi connectivity index (χ1n) is 7.01. The van der Waals surface area contributed by atoms with Gasteiger partial charge in [0, 0.05) is 12.1 Å². The van der Waals surface area contributed by atoms with Gasteiger partial charge in [-0.3, -0.25) is 10.1 Å². The van der Waals surface area contributed by atoms with Gasteiger partial charge in [-0.1, -0.05) is 17.3 Å². The number of hydrogen-bond donors (Lipinski definition) is 0. The Labute approximate surface area is 166 Å². The third-order valence-electron chi connectivity index (χ3n) is 2.94. The smallest absolute Gasteiger partial charge is 0.269 e. The summed E-state index contributed by atoms with van der Waals surface area (Å²) >= 11 is 4.44. The molecule has 0 spiro atoms. The highest BCUT2D eigenvalue weighted by atomic mass is 127. The van der Waals surface area contributed by atoms with Crippen molar-refractivity contribution >= 4 is 57.1 Å². The average Bonchev–Trinajstić information content (AvgIpc) is 2.55. The van der Waals surface area contributed by atoms with Crippen LogP contribution < -0.4 is 4.74 Å². The Morgan fingerprint density at radius 3 is 2.58 bits per heavy atom. The molecule has 6 nitrogen and oxygen atoms in total. The van der Waals surface area contributed by atoms with Crippen LogP contribution in [0.25, 0.3) is 0 Å². The molecule has 0 saturated heterocycles. The molecule has 0 aliphatic carbocycles. The first kappa shape index (κ1) is 18.9. The van der Waals surface area contributed by atoms with Crippen molar-refractivity contribution in [1.82, 2.24) is 0 Å². The maximum Gasteiger partial charge on any atom is 0.269 e. The number of rotatable bonds is 7. The molecule has 0 aliphatic rings. The van der Waals surface area contributed by atoms with Gasteiger partial charge in [-0.15, -0.1) is 0 Å². The molecule has 8 heteroatoms. The van der Waals surface area contributed by atoms with Crippen molar-refractivity contribution in [2.75, 3.05) is 6.61 Å². The maximum absolute atomic E-state index is 10.7. The van der Waals surface area contributed by atoms with Crippen molar-refractivity contribution in [1.29, 1.82) is 0 Å². The van der Waals surface area contributed by atoms with Crippen LogP contribution in [0, 0.1) is 17.3 Å². The molecule has 2 aromatic rings. The van der Waals surface area contributed by atoms with Gasteiger partial charge >= 0.3 is 0 Å². The lowest BCUT2D eigenvalue weighted by atomic mass is 10.2. The standard InChI is InChI=1S/C16H14I2N2O4/c1-2-23-16-14(17)7-12(8-15(16)18)9-19-24-10-11-4-3-5-13(6-11)20(21)22/h3-9H,2,10H2,1H3/b19-9-. The lowest BCUT2D eigenvalue weighted by molar-refractivity contribution is -0.384. The number of nitrogens with zero attached hydrogens (tertiary/aromatic N) is 2. The molecular formula is C16H14I2N2O4. The van der Waals surface area contributed by atoms with E-state index < -0.39 is 4.92 Å². The molecule has 0 fully saturated rings. The molecular weight excluding hydrogens is 538 g/mol. The van der Waals surface area contributed by atoms with Crippen LogP contribution in [0.4, 0.5) is 5.69 Å². The van der Waals surface area contributed by atoms with Gasteiger partial charge in [0.05, 0.1) is 24.9 Å². The number of nitro groups is 1. The molecule has 0 heterocycles. The van der Waals surface area contributed by atoms with Crippen LogP contribution in [0.15, 0.2) is 41.6 Å². The number of nitro benzene ring substituents is 1. The number of hydrogen-bond acceptors (Lipinski definition) is 5. The van der Waals surface area contributed by atoms with E-state index in [0.29, 0.717) is 12.2 Å². The molecule has 0 saturated carbocycles. The van der Waals surface area contributed by atoms with Gasteiger partial charge in [-0.25, -0.2) is 0 Å². The first-order chi connectivity index (χ1) is 11.5. The van der Waals surface area contributed by atoms with Gasteiger partial charge in [-0.2, -0.15) is 0 Å². The van der Waals surface area contributed by atoms with E-state index in [1.165, 1.54) is 12.1 Å². The Bertz CT molecular complexity index is 742. The molecule has 0 amide bonds. The minimum absolute atomic E-state index is 0.0377. The Balaban J connectivity index is 1.99. The summed E-state index contributed by atoms with van der Waals surface area (Å²) in [5, 5.41) is 14.7. The number of oxime groups is 1. The summed E-state index contributed by atoms with van der Waals surface area (Å²) in [6.07, 6.45) is 1.61. The molecule has 0 unspecified atom stereocenters. The Kier molecular flexibility index (Phi) is 7.21. The highest BCUT2D eigenvalue weighted by molar-refractivity contribution is 14.1. The predicted octanol–water partition coefficient (Wildman–Crippen LogP) is 4.75. The van der Waals surface area contributed by atoms with Crippen molar-refractivity contribution in [3.8, 4) is 5.75 Å². The number of non-ortho nitro benzene ring substituents is 1. The van der Waals surface area contributed by atoms with Crippen molar-refractivity contribution in [2.24, 2.45) is 5.16 Å². The summed E-state index contributed by atoms with van der Waals surface area (Å²) in [7, 11) is 0. The third-order valence-corrected chi connectivity index (χ3v) is 4.54. The van der Waals surface area contributed by atoms with Crippen LogP contribution >= 0.6 is 45.2 Å². The molecule has 24 heavy (non-hydrogen) atoms. The first-order valence-corrected chi connectivity index (χ1v) is 9.17. The largest absolute Gasteiger partial charge is 0.492 e.